The Hall–Kier alpha value is -3.78. The van der Waals surface area contributed by atoms with Crippen LogP contribution in [0, 0.1) is 11.7 Å². The summed E-state index contributed by atoms with van der Waals surface area (Å²) in [6, 6.07) is 12.8. The van der Waals surface area contributed by atoms with Crippen LogP contribution in [0.15, 0.2) is 70.6 Å². The lowest BCUT2D eigenvalue weighted by molar-refractivity contribution is 0.227. The number of aromatic nitrogens is 4. The Bertz CT molecular complexity index is 1420. The number of hydrogen-bond acceptors (Lipinski definition) is 7. The molecule has 182 valence electrons. The zero-order valence-electron chi connectivity index (χ0n) is 20.3. The Morgan fingerprint density at radius 1 is 1.06 bits per heavy atom. The largest absolute Gasteiger partial charge is 0.339 e. The summed E-state index contributed by atoms with van der Waals surface area (Å²) in [6.45, 7) is 4.13. The van der Waals surface area contributed by atoms with Crippen molar-refractivity contribution in [1.82, 2.24) is 25.0 Å². The predicted molar refractivity (Wildman–Crippen MR) is 135 cm³/mol. The normalized spacial score (nSPS) is 20.7. The van der Waals surface area contributed by atoms with Gasteiger partial charge >= 0.3 is 0 Å². The molecule has 8 heteroatoms. The minimum atomic E-state index is -0.290. The van der Waals surface area contributed by atoms with Gasteiger partial charge in [-0.05, 0) is 56.7 Å². The highest BCUT2D eigenvalue weighted by Gasteiger charge is 2.34. The number of likely N-dealkylation sites (tertiary alicyclic amines) is 1. The van der Waals surface area contributed by atoms with E-state index in [0.29, 0.717) is 28.8 Å². The molecule has 5 heterocycles. The summed E-state index contributed by atoms with van der Waals surface area (Å²) in [6.07, 6.45) is 7.35. The minimum absolute atomic E-state index is 0.101. The Morgan fingerprint density at radius 3 is 2.72 bits per heavy atom. The Morgan fingerprint density at radius 2 is 1.89 bits per heavy atom. The van der Waals surface area contributed by atoms with Gasteiger partial charge in [0.2, 0.25) is 11.7 Å². The number of piperidine rings is 1. The first-order chi connectivity index (χ1) is 17.6. The SMILES string of the molecule is CC1C(c2ccccc2F)=Nc2ncccc2C1c1cncc(-c2noc(C3CCN(C)CC3)n2)c1. The molecule has 2 unspecified atom stereocenters. The molecule has 0 radical (unpaired) electrons. The summed E-state index contributed by atoms with van der Waals surface area (Å²) >= 11 is 0. The lowest BCUT2D eigenvalue weighted by Crippen LogP contribution is -2.29. The van der Waals surface area contributed by atoms with Gasteiger partial charge in [0.25, 0.3) is 0 Å². The van der Waals surface area contributed by atoms with Gasteiger partial charge in [-0.25, -0.2) is 14.4 Å². The molecule has 2 atom stereocenters. The second-order valence-corrected chi connectivity index (χ2v) is 9.70. The van der Waals surface area contributed by atoms with Gasteiger partial charge < -0.3 is 9.42 Å². The quantitative estimate of drug-likeness (QED) is 0.389. The van der Waals surface area contributed by atoms with Crippen LogP contribution in [0.3, 0.4) is 0 Å². The third-order valence-corrected chi connectivity index (χ3v) is 7.35. The second-order valence-electron chi connectivity index (χ2n) is 9.70. The van der Waals surface area contributed by atoms with Gasteiger partial charge in [-0.3, -0.25) is 4.98 Å². The lowest BCUT2D eigenvalue weighted by Gasteiger charge is -2.31. The van der Waals surface area contributed by atoms with Crippen molar-refractivity contribution in [2.75, 3.05) is 20.1 Å². The molecule has 0 spiro atoms. The standard InChI is InChI=1S/C28H27FN6O/c1-17-24(22-7-5-11-31-27(22)32-25(17)21-6-3-4-8-23(21)29)19-14-20(16-30-15-19)26-33-28(36-34-26)18-9-12-35(2)13-10-18/h3-8,11,14-18,24H,9-10,12-13H2,1-2H3. The molecule has 0 aliphatic carbocycles. The average molecular weight is 483 g/mol. The van der Waals surface area contributed by atoms with E-state index >= 15 is 0 Å². The maximum atomic E-state index is 14.8. The molecular formula is C28H27FN6O. The lowest BCUT2D eigenvalue weighted by atomic mass is 9.76. The van der Waals surface area contributed by atoms with E-state index in [0.717, 1.165) is 42.6 Å². The van der Waals surface area contributed by atoms with E-state index in [2.05, 4.69) is 40.1 Å². The van der Waals surface area contributed by atoms with Gasteiger partial charge in [0.15, 0.2) is 5.82 Å². The van der Waals surface area contributed by atoms with Crippen LogP contribution in [-0.2, 0) is 0 Å². The molecule has 0 amide bonds. The molecule has 0 bridgehead atoms. The molecule has 1 aromatic carbocycles. The molecule has 0 N–H and O–H groups in total. The Labute approximate surface area is 209 Å². The molecule has 4 aromatic rings. The fraction of sp³-hybridized carbons (Fsp3) is 0.321. The summed E-state index contributed by atoms with van der Waals surface area (Å²) < 4.78 is 20.4. The van der Waals surface area contributed by atoms with E-state index < -0.39 is 0 Å². The first-order valence-electron chi connectivity index (χ1n) is 12.3. The molecule has 1 fully saturated rings. The second kappa shape index (κ2) is 9.35. The third kappa shape index (κ3) is 4.11. The van der Waals surface area contributed by atoms with E-state index in [1.807, 2.05) is 24.4 Å². The molecule has 1 saturated heterocycles. The summed E-state index contributed by atoms with van der Waals surface area (Å²) in [7, 11) is 2.13. The molecule has 2 aliphatic rings. The highest BCUT2D eigenvalue weighted by Crippen LogP contribution is 2.43. The Balaban J connectivity index is 1.36. The number of hydrogen-bond donors (Lipinski definition) is 0. The van der Waals surface area contributed by atoms with Crippen LogP contribution < -0.4 is 0 Å². The summed E-state index contributed by atoms with van der Waals surface area (Å²) in [5.74, 6) is 1.63. The number of fused-ring (bicyclic) bond motifs is 1. The van der Waals surface area contributed by atoms with Crippen LogP contribution >= 0.6 is 0 Å². The van der Waals surface area contributed by atoms with Crippen molar-refractivity contribution in [3.63, 3.8) is 0 Å². The number of aliphatic imine (C=N–C) groups is 1. The minimum Gasteiger partial charge on any atom is -0.339 e. The number of rotatable bonds is 4. The van der Waals surface area contributed by atoms with Gasteiger partial charge in [-0.15, -0.1) is 0 Å². The summed E-state index contributed by atoms with van der Waals surface area (Å²) in [5, 5.41) is 4.28. The van der Waals surface area contributed by atoms with Crippen LogP contribution in [0.25, 0.3) is 11.4 Å². The molecule has 36 heavy (non-hydrogen) atoms. The monoisotopic (exact) mass is 482 g/mol. The van der Waals surface area contributed by atoms with E-state index in [4.69, 9.17) is 14.5 Å². The van der Waals surface area contributed by atoms with Crippen molar-refractivity contribution < 1.29 is 8.91 Å². The van der Waals surface area contributed by atoms with Gasteiger partial charge in [0.1, 0.15) is 5.82 Å². The van der Waals surface area contributed by atoms with Gasteiger partial charge in [0, 0.05) is 53.0 Å². The molecule has 0 saturated carbocycles. The molecule has 3 aromatic heterocycles. The highest BCUT2D eigenvalue weighted by atomic mass is 19.1. The average Bonchev–Trinajstić information content (AvgIpc) is 3.40. The van der Waals surface area contributed by atoms with Gasteiger partial charge in [-0.1, -0.05) is 36.3 Å². The van der Waals surface area contributed by atoms with Crippen molar-refractivity contribution in [3.05, 3.63) is 89.5 Å². The Kier molecular flexibility index (Phi) is 5.89. The van der Waals surface area contributed by atoms with Crippen LogP contribution in [0.2, 0.25) is 0 Å². The van der Waals surface area contributed by atoms with Crippen LogP contribution in [-0.4, -0.2) is 50.9 Å². The van der Waals surface area contributed by atoms with Crippen LogP contribution in [0.1, 0.15) is 54.2 Å². The topological polar surface area (TPSA) is 80.3 Å². The summed E-state index contributed by atoms with van der Waals surface area (Å²) in [4.78, 5) is 20.9. The third-order valence-electron chi connectivity index (χ3n) is 7.35. The molecule has 6 rings (SSSR count). The number of pyridine rings is 2. The number of benzene rings is 1. The van der Waals surface area contributed by atoms with Crippen molar-refractivity contribution in [2.45, 2.75) is 31.6 Å². The smallest absolute Gasteiger partial charge is 0.230 e. The van der Waals surface area contributed by atoms with Crippen molar-refractivity contribution in [1.29, 1.82) is 0 Å². The van der Waals surface area contributed by atoms with Crippen molar-refractivity contribution >= 4 is 11.5 Å². The summed E-state index contributed by atoms with van der Waals surface area (Å²) in [5.41, 5.74) is 3.94. The fourth-order valence-electron chi connectivity index (χ4n) is 5.36. The molecular weight excluding hydrogens is 455 g/mol. The van der Waals surface area contributed by atoms with Gasteiger partial charge in [0.05, 0.1) is 5.71 Å². The maximum Gasteiger partial charge on any atom is 0.230 e. The highest BCUT2D eigenvalue weighted by molar-refractivity contribution is 6.05. The van der Waals surface area contributed by atoms with E-state index in [9.17, 15) is 4.39 Å². The predicted octanol–water partition coefficient (Wildman–Crippen LogP) is 5.38. The van der Waals surface area contributed by atoms with E-state index in [1.165, 1.54) is 6.07 Å². The van der Waals surface area contributed by atoms with Gasteiger partial charge in [-0.2, -0.15) is 4.98 Å². The molecule has 7 nitrogen and oxygen atoms in total. The van der Waals surface area contributed by atoms with E-state index in [-0.39, 0.29) is 23.6 Å². The number of nitrogens with zero attached hydrogens (tertiary/aromatic N) is 6. The van der Waals surface area contributed by atoms with Crippen molar-refractivity contribution in [2.24, 2.45) is 10.9 Å². The van der Waals surface area contributed by atoms with Crippen molar-refractivity contribution in [3.8, 4) is 11.4 Å². The zero-order chi connectivity index (χ0) is 24.6. The fourth-order valence-corrected chi connectivity index (χ4v) is 5.36. The molecule has 2 aliphatic heterocycles. The van der Waals surface area contributed by atoms with Crippen LogP contribution in [0.4, 0.5) is 10.2 Å². The maximum absolute atomic E-state index is 14.8. The first-order valence-corrected chi connectivity index (χ1v) is 12.3. The van der Waals surface area contributed by atoms with Crippen LogP contribution in [0.5, 0.6) is 0 Å². The zero-order valence-corrected chi connectivity index (χ0v) is 20.3. The number of halogens is 1. The first kappa shape index (κ1) is 22.7. The van der Waals surface area contributed by atoms with E-state index in [1.54, 1.807) is 24.5 Å².